The Morgan fingerprint density at radius 1 is 1.29 bits per heavy atom. The van der Waals surface area contributed by atoms with Crippen molar-refractivity contribution < 1.29 is 4.74 Å². The number of aliphatic imine (C=N–C) groups is 1. The number of hydrogen-bond donors (Lipinski definition) is 2. The van der Waals surface area contributed by atoms with Gasteiger partial charge >= 0.3 is 0 Å². The van der Waals surface area contributed by atoms with Crippen LogP contribution in [0.3, 0.4) is 0 Å². The van der Waals surface area contributed by atoms with Crippen molar-refractivity contribution in [3.05, 3.63) is 35.9 Å². The van der Waals surface area contributed by atoms with E-state index < -0.39 is 0 Å². The van der Waals surface area contributed by atoms with Crippen LogP contribution in [0.2, 0.25) is 0 Å². The average Bonchev–Trinajstić information content (AvgIpc) is 3.01. The molecule has 1 atom stereocenters. The van der Waals surface area contributed by atoms with Crippen LogP contribution in [0.15, 0.2) is 35.3 Å². The van der Waals surface area contributed by atoms with E-state index in [4.69, 9.17) is 4.74 Å². The maximum absolute atomic E-state index is 5.59. The summed E-state index contributed by atoms with van der Waals surface area (Å²) in [6.45, 7) is 2.67. The number of guanidine groups is 1. The fourth-order valence-electron chi connectivity index (χ4n) is 2.38. The minimum Gasteiger partial charge on any atom is -0.376 e. The molecule has 118 valence electrons. The molecule has 0 spiro atoms. The SMILES string of the molecule is CN=C(NCCCc1ccccc1)NCC1CCCO1.I. The zero-order valence-electron chi connectivity index (χ0n) is 12.7. The summed E-state index contributed by atoms with van der Waals surface area (Å²) < 4.78 is 5.59. The molecule has 1 fully saturated rings. The van der Waals surface area contributed by atoms with Crippen molar-refractivity contribution in [1.82, 2.24) is 10.6 Å². The summed E-state index contributed by atoms with van der Waals surface area (Å²) in [4.78, 5) is 4.23. The van der Waals surface area contributed by atoms with Crippen LogP contribution in [-0.4, -0.2) is 38.8 Å². The molecule has 1 aromatic rings. The molecule has 5 heteroatoms. The fraction of sp³-hybridized carbons (Fsp3) is 0.562. The Kier molecular flexibility index (Phi) is 9.41. The monoisotopic (exact) mass is 403 g/mol. The number of nitrogens with one attached hydrogen (secondary N) is 2. The highest BCUT2D eigenvalue weighted by Gasteiger charge is 2.15. The van der Waals surface area contributed by atoms with E-state index in [1.807, 2.05) is 7.05 Å². The van der Waals surface area contributed by atoms with E-state index in [9.17, 15) is 0 Å². The smallest absolute Gasteiger partial charge is 0.191 e. The van der Waals surface area contributed by atoms with Gasteiger partial charge in [0.25, 0.3) is 0 Å². The van der Waals surface area contributed by atoms with Crippen molar-refractivity contribution in [3.8, 4) is 0 Å². The van der Waals surface area contributed by atoms with Gasteiger partial charge in [0.05, 0.1) is 6.10 Å². The largest absolute Gasteiger partial charge is 0.376 e. The minimum absolute atomic E-state index is 0. The van der Waals surface area contributed by atoms with Gasteiger partial charge < -0.3 is 15.4 Å². The van der Waals surface area contributed by atoms with Gasteiger partial charge in [-0.25, -0.2) is 0 Å². The molecule has 1 aromatic carbocycles. The van der Waals surface area contributed by atoms with Gasteiger partial charge in [0.2, 0.25) is 0 Å². The first-order valence-electron chi connectivity index (χ1n) is 7.48. The maximum atomic E-state index is 5.59. The first-order valence-corrected chi connectivity index (χ1v) is 7.48. The van der Waals surface area contributed by atoms with Crippen LogP contribution in [0.5, 0.6) is 0 Å². The molecule has 1 unspecified atom stereocenters. The van der Waals surface area contributed by atoms with Crippen LogP contribution in [0.25, 0.3) is 0 Å². The van der Waals surface area contributed by atoms with Crippen molar-refractivity contribution in [1.29, 1.82) is 0 Å². The van der Waals surface area contributed by atoms with Crippen LogP contribution < -0.4 is 10.6 Å². The van der Waals surface area contributed by atoms with Gasteiger partial charge in [0.1, 0.15) is 0 Å². The van der Waals surface area contributed by atoms with Crippen molar-refractivity contribution in [2.24, 2.45) is 4.99 Å². The molecule has 0 radical (unpaired) electrons. The fourth-order valence-corrected chi connectivity index (χ4v) is 2.38. The van der Waals surface area contributed by atoms with E-state index in [2.05, 4.69) is 46.0 Å². The van der Waals surface area contributed by atoms with Gasteiger partial charge in [-0.1, -0.05) is 30.3 Å². The Hall–Kier alpha value is -0.820. The van der Waals surface area contributed by atoms with Crippen LogP contribution in [-0.2, 0) is 11.2 Å². The molecule has 0 aliphatic carbocycles. The average molecular weight is 403 g/mol. The molecule has 0 aromatic heterocycles. The summed E-state index contributed by atoms with van der Waals surface area (Å²) >= 11 is 0. The number of aryl methyl sites for hydroxylation is 1. The zero-order chi connectivity index (χ0) is 14.0. The Bertz CT molecular complexity index is 405. The van der Waals surface area contributed by atoms with Crippen LogP contribution in [0.1, 0.15) is 24.8 Å². The van der Waals surface area contributed by atoms with Gasteiger partial charge in [0, 0.05) is 26.7 Å². The molecule has 2 N–H and O–H groups in total. The Morgan fingerprint density at radius 2 is 2.10 bits per heavy atom. The van der Waals surface area contributed by atoms with Crippen molar-refractivity contribution in [2.45, 2.75) is 31.8 Å². The topological polar surface area (TPSA) is 45.7 Å². The molecule has 1 heterocycles. The number of halogens is 1. The van der Waals surface area contributed by atoms with Gasteiger partial charge in [-0.3, -0.25) is 4.99 Å². The first-order chi connectivity index (χ1) is 9.88. The first kappa shape index (κ1) is 18.2. The van der Waals surface area contributed by atoms with Gasteiger partial charge in [-0.2, -0.15) is 0 Å². The highest BCUT2D eigenvalue weighted by Crippen LogP contribution is 2.10. The van der Waals surface area contributed by atoms with Crippen molar-refractivity contribution in [3.63, 3.8) is 0 Å². The molecule has 1 aliphatic heterocycles. The minimum atomic E-state index is 0. The summed E-state index contributed by atoms with van der Waals surface area (Å²) in [5.74, 6) is 0.869. The van der Waals surface area contributed by atoms with Gasteiger partial charge in [-0.15, -0.1) is 24.0 Å². The lowest BCUT2D eigenvalue weighted by Crippen LogP contribution is -2.41. The second-order valence-corrected chi connectivity index (χ2v) is 5.10. The maximum Gasteiger partial charge on any atom is 0.191 e. The van der Waals surface area contributed by atoms with E-state index in [1.54, 1.807) is 0 Å². The highest BCUT2D eigenvalue weighted by molar-refractivity contribution is 14.0. The number of benzene rings is 1. The number of nitrogens with zero attached hydrogens (tertiary/aromatic N) is 1. The normalized spacial score (nSPS) is 18.1. The molecule has 2 rings (SSSR count). The number of rotatable bonds is 6. The quantitative estimate of drug-likeness (QED) is 0.332. The molecule has 1 aliphatic rings. The standard InChI is InChI=1S/C16H25N3O.HI/c1-17-16(19-13-15-10-6-12-20-15)18-11-5-9-14-7-3-2-4-8-14;/h2-4,7-8,15H,5-6,9-13H2,1H3,(H2,17,18,19);1H. The van der Waals surface area contributed by atoms with E-state index in [0.717, 1.165) is 44.9 Å². The number of hydrogen-bond acceptors (Lipinski definition) is 2. The lowest BCUT2D eigenvalue weighted by atomic mass is 10.1. The zero-order valence-corrected chi connectivity index (χ0v) is 15.0. The second kappa shape index (κ2) is 10.8. The van der Waals surface area contributed by atoms with Crippen LogP contribution in [0, 0.1) is 0 Å². The molecule has 21 heavy (non-hydrogen) atoms. The third-order valence-electron chi connectivity index (χ3n) is 3.52. The van der Waals surface area contributed by atoms with Gasteiger partial charge in [0.15, 0.2) is 5.96 Å². The second-order valence-electron chi connectivity index (χ2n) is 5.10. The Labute approximate surface area is 144 Å². The van der Waals surface area contributed by atoms with E-state index >= 15 is 0 Å². The molecule has 0 amide bonds. The van der Waals surface area contributed by atoms with Crippen molar-refractivity contribution >= 4 is 29.9 Å². The predicted octanol–water partition coefficient (Wildman–Crippen LogP) is 2.58. The van der Waals surface area contributed by atoms with E-state index in [-0.39, 0.29) is 24.0 Å². The summed E-state index contributed by atoms with van der Waals surface area (Å²) in [6, 6.07) is 10.6. The third kappa shape index (κ3) is 7.13. The molecular formula is C16H26IN3O. The summed E-state index contributed by atoms with van der Waals surface area (Å²) in [5.41, 5.74) is 1.39. The molecule has 0 bridgehead atoms. The van der Waals surface area contributed by atoms with Crippen LogP contribution in [0.4, 0.5) is 0 Å². The van der Waals surface area contributed by atoms with E-state index in [1.165, 1.54) is 12.0 Å². The number of ether oxygens (including phenoxy) is 1. The Morgan fingerprint density at radius 3 is 2.76 bits per heavy atom. The Balaban J connectivity index is 0.00000220. The summed E-state index contributed by atoms with van der Waals surface area (Å²) in [6.07, 6.45) is 4.87. The third-order valence-corrected chi connectivity index (χ3v) is 3.52. The highest BCUT2D eigenvalue weighted by atomic mass is 127. The molecule has 4 nitrogen and oxygen atoms in total. The van der Waals surface area contributed by atoms with E-state index in [0.29, 0.717) is 6.10 Å². The van der Waals surface area contributed by atoms with Crippen molar-refractivity contribution in [2.75, 3.05) is 26.7 Å². The van der Waals surface area contributed by atoms with Gasteiger partial charge in [-0.05, 0) is 31.2 Å². The molecule has 0 saturated carbocycles. The lowest BCUT2D eigenvalue weighted by Gasteiger charge is -2.15. The predicted molar refractivity (Wildman–Crippen MR) is 98.5 cm³/mol. The summed E-state index contributed by atoms with van der Waals surface area (Å²) in [5, 5.41) is 6.67. The van der Waals surface area contributed by atoms with Crippen LogP contribution >= 0.6 is 24.0 Å². The molecule has 1 saturated heterocycles. The molecular weight excluding hydrogens is 377 g/mol. The lowest BCUT2D eigenvalue weighted by molar-refractivity contribution is 0.114. The summed E-state index contributed by atoms with van der Waals surface area (Å²) in [7, 11) is 1.81.